The molecule has 80 valence electrons. The van der Waals surface area contributed by atoms with Crippen molar-refractivity contribution in [1.82, 2.24) is 20.4 Å². The highest BCUT2D eigenvalue weighted by molar-refractivity contribution is 5.78. The first-order chi connectivity index (χ1) is 7.28. The van der Waals surface area contributed by atoms with Crippen molar-refractivity contribution in [3.8, 4) is 0 Å². The van der Waals surface area contributed by atoms with Crippen LogP contribution in [0.5, 0.6) is 0 Å². The molecule has 0 aliphatic carbocycles. The zero-order valence-electron chi connectivity index (χ0n) is 8.44. The lowest BCUT2D eigenvalue weighted by Crippen LogP contribution is -2.30. The quantitative estimate of drug-likeness (QED) is 0.727. The zero-order chi connectivity index (χ0) is 10.7. The second kappa shape index (κ2) is 4.27. The largest absolute Gasteiger partial charge is 0.354 e. The van der Waals surface area contributed by atoms with E-state index in [9.17, 15) is 4.79 Å². The van der Waals surface area contributed by atoms with Gasteiger partial charge in [0.25, 0.3) is 0 Å². The van der Waals surface area contributed by atoms with Gasteiger partial charge in [0.15, 0.2) is 0 Å². The van der Waals surface area contributed by atoms with E-state index in [-0.39, 0.29) is 11.9 Å². The first-order valence-corrected chi connectivity index (χ1v) is 4.93. The lowest BCUT2D eigenvalue weighted by molar-refractivity contribution is -0.119. The van der Waals surface area contributed by atoms with E-state index >= 15 is 0 Å². The summed E-state index contributed by atoms with van der Waals surface area (Å²) < 4.78 is 1.66. The van der Waals surface area contributed by atoms with Crippen LogP contribution in [0.2, 0.25) is 0 Å². The number of aromatic nitrogens is 2. The monoisotopic (exact) mass is 206 g/mol. The Morgan fingerprint density at radius 2 is 2.67 bits per heavy atom. The summed E-state index contributed by atoms with van der Waals surface area (Å²) in [5.41, 5.74) is 1.09. The predicted octanol–water partition coefficient (Wildman–Crippen LogP) is -0.0383. The van der Waals surface area contributed by atoms with E-state index in [1.54, 1.807) is 17.1 Å². The van der Waals surface area contributed by atoms with E-state index in [1.165, 1.54) is 0 Å². The molecule has 2 N–H and O–H groups in total. The van der Waals surface area contributed by atoms with Crippen molar-refractivity contribution < 1.29 is 4.79 Å². The maximum atomic E-state index is 10.9. The molecule has 15 heavy (non-hydrogen) atoms. The topological polar surface area (TPSA) is 59.0 Å². The van der Waals surface area contributed by atoms with Crippen LogP contribution in [0, 0.1) is 0 Å². The number of nitrogens with one attached hydrogen (secondary N) is 2. The Morgan fingerprint density at radius 1 is 1.80 bits per heavy atom. The summed E-state index contributed by atoms with van der Waals surface area (Å²) in [5, 5.41) is 10.1. The maximum Gasteiger partial charge on any atom is 0.221 e. The zero-order valence-corrected chi connectivity index (χ0v) is 8.44. The van der Waals surface area contributed by atoms with Gasteiger partial charge in [0, 0.05) is 43.5 Å². The van der Waals surface area contributed by atoms with E-state index in [4.69, 9.17) is 0 Å². The third-order valence-corrected chi connectivity index (χ3v) is 2.41. The number of hydrogen-bond acceptors (Lipinski definition) is 3. The highest BCUT2D eigenvalue weighted by Crippen LogP contribution is 2.02. The summed E-state index contributed by atoms with van der Waals surface area (Å²) in [4.78, 5) is 10.9. The van der Waals surface area contributed by atoms with Crippen molar-refractivity contribution in [3.63, 3.8) is 0 Å². The molecule has 0 aromatic carbocycles. The van der Waals surface area contributed by atoms with Gasteiger partial charge in [-0.15, -0.1) is 0 Å². The molecule has 0 radical (unpaired) electrons. The highest BCUT2D eigenvalue weighted by atomic mass is 16.1. The minimum Gasteiger partial charge on any atom is -0.354 e. The summed E-state index contributed by atoms with van der Waals surface area (Å²) in [7, 11) is 0. The van der Waals surface area contributed by atoms with Crippen LogP contribution in [0.1, 0.15) is 12.0 Å². The predicted molar refractivity (Wildman–Crippen MR) is 56.9 cm³/mol. The number of carbonyl (C=O) groups excluding carboxylic acids is 1. The number of rotatable bonds is 4. The fraction of sp³-hybridized carbons (Fsp3) is 0.400. The van der Waals surface area contributed by atoms with E-state index in [2.05, 4.69) is 22.3 Å². The van der Waals surface area contributed by atoms with Crippen molar-refractivity contribution in [3.05, 3.63) is 24.5 Å². The summed E-state index contributed by atoms with van der Waals surface area (Å²) in [5.74, 6) is 0.120. The van der Waals surface area contributed by atoms with Gasteiger partial charge >= 0.3 is 0 Å². The van der Waals surface area contributed by atoms with Crippen LogP contribution >= 0.6 is 0 Å². The molecule has 1 aromatic rings. The third-order valence-electron chi connectivity index (χ3n) is 2.41. The van der Waals surface area contributed by atoms with Crippen LogP contribution in [0.4, 0.5) is 0 Å². The molecule has 1 atom stereocenters. The molecule has 1 aliphatic heterocycles. The molecule has 1 aromatic heterocycles. The Kier molecular flexibility index (Phi) is 2.82. The van der Waals surface area contributed by atoms with Crippen molar-refractivity contribution in [1.29, 1.82) is 0 Å². The van der Waals surface area contributed by atoms with Gasteiger partial charge in [-0.1, -0.05) is 6.58 Å². The second-order valence-corrected chi connectivity index (χ2v) is 3.60. The average molecular weight is 206 g/mol. The van der Waals surface area contributed by atoms with Gasteiger partial charge in [0.1, 0.15) is 0 Å². The van der Waals surface area contributed by atoms with Crippen molar-refractivity contribution >= 4 is 12.1 Å². The van der Waals surface area contributed by atoms with Gasteiger partial charge in [0.05, 0.1) is 6.20 Å². The van der Waals surface area contributed by atoms with Crippen LogP contribution < -0.4 is 10.6 Å². The Bertz CT molecular complexity index is 371. The van der Waals surface area contributed by atoms with Crippen molar-refractivity contribution in [2.24, 2.45) is 0 Å². The maximum absolute atomic E-state index is 10.9. The SMILES string of the molecule is C=Cn1cc(CNC2CNC(=O)C2)cn1. The number of amides is 1. The van der Waals surface area contributed by atoms with E-state index < -0.39 is 0 Å². The average Bonchev–Trinajstić information content (AvgIpc) is 2.83. The molecule has 1 aliphatic rings. The van der Waals surface area contributed by atoms with Crippen LogP contribution in [0.3, 0.4) is 0 Å². The number of carbonyl (C=O) groups is 1. The van der Waals surface area contributed by atoms with Gasteiger partial charge in [-0.05, 0) is 0 Å². The molecule has 0 spiro atoms. The van der Waals surface area contributed by atoms with Gasteiger partial charge in [-0.25, -0.2) is 4.68 Å². The molecule has 5 nitrogen and oxygen atoms in total. The van der Waals surface area contributed by atoms with Gasteiger partial charge < -0.3 is 10.6 Å². The summed E-state index contributed by atoms with van der Waals surface area (Å²) >= 11 is 0. The highest BCUT2D eigenvalue weighted by Gasteiger charge is 2.20. The van der Waals surface area contributed by atoms with Gasteiger partial charge in [-0.3, -0.25) is 4.79 Å². The van der Waals surface area contributed by atoms with Crippen molar-refractivity contribution in [2.75, 3.05) is 6.54 Å². The first-order valence-electron chi connectivity index (χ1n) is 4.93. The number of hydrogen-bond donors (Lipinski definition) is 2. The molecule has 0 bridgehead atoms. The molecular formula is C10H14N4O. The minimum atomic E-state index is 0.120. The molecule has 1 unspecified atom stereocenters. The molecule has 1 fully saturated rings. The third kappa shape index (κ3) is 2.44. The lowest BCUT2D eigenvalue weighted by atomic mass is 10.2. The summed E-state index contributed by atoms with van der Waals surface area (Å²) in [6, 6.07) is 0.240. The smallest absolute Gasteiger partial charge is 0.221 e. The first kappa shape index (κ1) is 9.92. The molecule has 5 heteroatoms. The second-order valence-electron chi connectivity index (χ2n) is 3.60. The minimum absolute atomic E-state index is 0.120. The molecule has 0 saturated carbocycles. The van der Waals surface area contributed by atoms with Crippen molar-refractivity contribution in [2.45, 2.75) is 19.0 Å². The Balaban J connectivity index is 1.82. The van der Waals surface area contributed by atoms with Gasteiger partial charge in [-0.2, -0.15) is 5.10 Å². The van der Waals surface area contributed by atoms with Crippen LogP contribution in [0.25, 0.3) is 6.20 Å². The molecule has 1 amide bonds. The van der Waals surface area contributed by atoms with Crippen LogP contribution in [0.15, 0.2) is 19.0 Å². The lowest BCUT2D eigenvalue weighted by Gasteiger charge is -2.07. The summed E-state index contributed by atoms with van der Waals surface area (Å²) in [6.45, 7) is 5.06. The normalized spacial score (nSPS) is 20.3. The fourth-order valence-electron chi connectivity index (χ4n) is 1.58. The van der Waals surface area contributed by atoms with E-state index in [1.807, 2.05) is 6.20 Å². The fourth-order valence-corrected chi connectivity index (χ4v) is 1.58. The summed E-state index contributed by atoms with van der Waals surface area (Å²) in [6.07, 6.45) is 5.91. The molecule has 2 heterocycles. The van der Waals surface area contributed by atoms with Crippen LogP contribution in [-0.4, -0.2) is 28.3 Å². The Labute approximate surface area is 88.2 Å². The molecule has 2 rings (SSSR count). The number of nitrogens with zero attached hydrogens (tertiary/aromatic N) is 2. The standard InChI is InChI=1S/C10H14N4O/c1-2-14-7-8(5-13-14)4-11-9-3-10(15)12-6-9/h2,5,7,9,11H,1,3-4,6H2,(H,12,15). The van der Waals surface area contributed by atoms with E-state index in [0.717, 1.165) is 12.1 Å². The Morgan fingerprint density at radius 3 is 3.27 bits per heavy atom. The Hall–Kier alpha value is -1.62. The molecular weight excluding hydrogens is 192 g/mol. The van der Waals surface area contributed by atoms with Gasteiger partial charge in [0.2, 0.25) is 5.91 Å². The van der Waals surface area contributed by atoms with Crippen LogP contribution in [-0.2, 0) is 11.3 Å². The van der Waals surface area contributed by atoms with E-state index in [0.29, 0.717) is 13.0 Å². The molecule has 1 saturated heterocycles.